The summed E-state index contributed by atoms with van der Waals surface area (Å²) < 4.78 is 5.25. The summed E-state index contributed by atoms with van der Waals surface area (Å²) in [5, 5.41) is 22.8. The molecule has 10 nitrogen and oxygen atoms in total. The van der Waals surface area contributed by atoms with Crippen molar-refractivity contribution in [2.24, 2.45) is 5.92 Å². The number of nitrogens with zero attached hydrogens (tertiary/aromatic N) is 2. The van der Waals surface area contributed by atoms with Crippen molar-refractivity contribution in [3.05, 3.63) is 28.3 Å². The highest BCUT2D eigenvalue weighted by atomic mass is 16.6. The Morgan fingerprint density at radius 2 is 2.11 bits per heavy atom. The van der Waals surface area contributed by atoms with Crippen LogP contribution in [-0.4, -0.2) is 46.5 Å². The van der Waals surface area contributed by atoms with E-state index in [1.807, 2.05) is 0 Å². The van der Waals surface area contributed by atoms with Gasteiger partial charge in [0.1, 0.15) is 12.3 Å². The number of rotatable bonds is 7. The predicted molar refractivity (Wildman–Crippen MR) is 94.6 cm³/mol. The van der Waals surface area contributed by atoms with Gasteiger partial charge in [-0.1, -0.05) is 13.8 Å². The second-order valence-corrected chi connectivity index (χ2v) is 6.87. The van der Waals surface area contributed by atoms with E-state index in [4.69, 9.17) is 9.84 Å². The highest BCUT2D eigenvalue weighted by Gasteiger charge is 2.35. The van der Waals surface area contributed by atoms with E-state index >= 15 is 0 Å². The van der Waals surface area contributed by atoms with Crippen LogP contribution in [-0.2, 0) is 14.4 Å². The molecule has 2 N–H and O–H groups in total. The van der Waals surface area contributed by atoms with Gasteiger partial charge < -0.3 is 15.2 Å². The molecule has 0 spiro atoms. The van der Waals surface area contributed by atoms with Crippen LogP contribution in [0.5, 0.6) is 5.75 Å². The van der Waals surface area contributed by atoms with E-state index in [0.717, 1.165) is 4.90 Å². The molecule has 2 amide bonds. The van der Waals surface area contributed by atoms with Crippen LogP contribution in [0.2, 0.25) is 0 Å². The SMILES string of the molecule is CC(C)C(C)(CC(=O)O)NC(=O)CN1C(=O)COc2ccc([N+](=O)[O-])cc21. The first-order chi connectivity index (χ1) is 12.5. The van der Waals surface area contributed by atoms with Gasteiger partial charge in [0.15, 0.2) is 6.61 Å². The number of hydrogen-bond acceptors (Lipinski definition) is 6. The first-order valence-electron chi connectivity index (χ1n) is 8.28. The van der Waals surface area contributed by atoms with E-state index in [2.05, 4.69) is 5.32 Å². The number of carboxylic acid groups (broad SMARTS) is 1. The third-order valence-corrected chi connectivity index (χ3v) is 4.62. The molecule has 27 heavy (non-hydrogen) atoms. The Balaban J connectivity index is 2.25. The third-order valence-electron chi connectivity index (χ3n) is 4.62. The Hall–Kier alpha value is -3.17. The summed E-state index contributed by atoms with van der Waals surface area (Å²) in [6.45, 7) is 4.47. The van der Waals surface area contributed by atoms with Crippen LogP contribution in [0.3, 0.4) is 0 Å². The zero-order chi connectivity index (χ0) is 20.4. The van der Waals surface area contributed by atoms with Crippen molar-refractivity contribution >= 4 is 29.2 Å². The third kappa shape index (κ3) is 4.52. The Morgan fingerprint density at radius 1 is 1.44 bits per heavy atom. The number of nitro groups is 1. The summed E-state index contributed by atoms with van der Waals surface area (Å²) in [4.78, 5) is 47.3. The molecule has 1 heterocycles. The number of aliphatic carboxylic acids is 1. The quantitative estimate of drug-likeness (QED) is 0.538. The molecule has 10 heteroatoms. The van der Waals surface area contributed by atoms with Crippen LogP contribution >= 0.6 is 0 Å². The highest BCUT2D eigenvalue weighted by molar-refractivity contribution is 6.02. The van der Waals surface area contributed by atoms with E-state index in [1.54, 1.807) is 20.8 Å². The lowest BCUT2D eigenvalue weighted by molar-refractivity contribution is -0.384. The second-order valence-electron chi connectivity index (χ2n) is 6.87. The fourth-order valence-corrected chi connectivity index (χ4v) is 2.69. The molecule has 1 aromatic rings. The Bertz CT molecular complexity index is 793. The largest absolute Gasteiger partial charge is 0.482 e. The van der Waals surface area contributed by atoms with Gasteiger partial charge in [-0.15, -0.1) is 0 Å². The molecule has 1 aromatic carbocycles. The fourth-order valence-electron chi connectivity index (χ4n) is 2.69. The van der Waals surface area contributed by atoms with Gasteiger partial charge >= 0.3 is 5.97 Å². The molecule has 0 aliphatic carbocycles. The van der Waals surface area contributed by atoms with Gasteiger partial charge in [-0.2, -0.15) is 0 Å². The van der Waals surface area contributed by atoms with Crippen LogP contribution in [0, 0.1) is 16.0 Å². The van der Waals surface area contributed by atoms with Gasteiger partial charge in [-0.3, -0.25) is 29.4 Å². The van der Waals surface area contributed by atoms with Gasteiger partial charge in [-0.05, 0) is 18.9 Å². The minimum Gasteiger partial charge on any atom is -0.482 e. The predicted octanol–water partition coefficient (Wildman–Crippen LogP) is 1.33. The zero-order valence-corrected chi connectivity index (χ0v) is 15.2. The molecule has 0 saturated carbocycles. The van der Waals surface area contributed by atoms with E-state index in [9.17, 15) is 24.5 Å². The molecule has 0 bridgehead atoms. The molecule has 0 radical (unpaired) electrons. The summed E-state index contributed by atoms with van der Waals surface area (Å²) in [7, 11) is 0. The van der Waals surface area contributed by atoms with Crippen molar-refractivity contribution in [3.63, 3.8) is 0 Å². The molecular formula is C17H21N3O7. The van der Waals surface area contributed by atoms with Crippen molar-refractivity contribution in [1.82, 2.24) is 5.32 Å². The summed E-state index contributed by atoms with van der Waals surface area (Å²) in [6.07, 6.45) is -0.282. The molecule has 146 valence electrons. The van der Waals surface area contributed by atoms with Crippen LogP contribution in [0.1, 0.15) is 27.2 Å². The smallest absolute Gasteiger partial charge is 0.305 e. The molecule has 1 atom stereocenters. The monoisotopic (exact) mass is 379 g/mol. The first-order valence-corrected chi connectivity index (χ1v) is 8.28. The number of carboxylic acids is 1. The van der Waals surface area contributed by atoms with Crippen LogP contribution in [0.25, 0.3) is 0 Å². The van der Waals surface area contributed by atoms with Crippen LogP contribution < -0.4 is 15.0 Å². The van der Waals surface area contributed by atoms with Gasteiger partial charge in [0.2, 0.25) is 5.91 Å². The van der Waals surface area contributed by atoms with Crippen LogP contribution in [0.4, 0.5) is 11.4 Å². The number of fused-ring (bicyclic) bond motifs is 1. The first kappa shape index (κ1) is 20.1. The van der Waals surface area contributed by atoms with E-state index in [0.29, 0.717) is 0 Å². The minimum absolute atomic E-state index is 0.125. The summed E-state index contributed by atoms with van der Waals surface area (Å²) in [5.41, 5.74) is -1.13. The Morgan fingerprint density at radius 3 is 2.67 bits per heavy atom. The van der Waals surface area contributed by atoms with E-state index in [-0.39, 0.29) is 36.1 Å². The number of nitrogens with one attached hydrogen (secondary N) is 1. The van der Waals surface area contributed by atoms with Gasteiger partial charge in [0, 0.05) is 12.1 Å². The maximum atomic E-state index is 12.5. The lowest BCUT2D eigenvalue weighted by atomic mass is 9.85. The molecule has 1 aliphatic rings. The zero-order valence-electron chi connectivity index (χ0n) is 15.2. The van der Waals surface area contributed by atoms with Gasteiger partial charge in [0.25, 0.3) is 11.6 Å². The lowest BCUT2D eigenvalue weighted by Gasteiger charge is -2.35. The molecule has 0 aromatic heterocycles. The molecule has 2 rings (SSSR count). The van der Waals surface area contributed by atoms with Gasteiger partial charge in [-0.25, -0.2) is 0 Å². The van der Waals surface area contributed by atoms with Crippen LogP contribution in [0.15, 0.2) is 18.2 Å². The number of hydrogen-bond donors (Lipinski definition) is 2. The normalized spacial score (nSPS) is 15.6. The lowest BCUT2D eigenvalue weighted by Crippen LogP contribution is -2.55. The summed E-state index contributed by atoms with van der Waals surface area (Å²) in [5.74, 6) is -2.07. The highest BCUT2D eigenvalue weighted by Crippen LogP contribution is 2.35. The number of ether oxygens (including phenoxy) is 1. The van der Waals surface area contributed by atoms with E-state index in [1.165, 1.54) is 18.2 Å². The number of benzene rings is 1. The number of non-ortho nitro benzene ring substituents is 1. The Kier molecular flexibility index (Phi) is 5.67. The molecular weight excluding hydrogens is 358 g/mol. The standard InChI is InChI=1S/C17H21N3O7/c1-10(2)17(3,7-16(23)24)18-14(21)8-19-12-6-11(20(25)26)4-5-13(12)27-9-15(19)22/h4-6,10H,7-9H2,1-3H3,(H,18,21)(H,23,24). The average Bonchev–Trinajstić information content (AvgIpc) is 2.55. The number of carbonyl (C=O) groups is 3. The summed E-state index contributed by atoms with van der Waals surface area (Å²) in [6, 6.07) is 3.78. The maximum absolute atomic E-state index is 12.5. The Labute approximate surface area is 155 Å². The second kappa shape index (κ2) is 7.60. The molecule has 0 saturated heterocycles. The molecule has 1 unspecified atom stereocenters. The van der Waals surface area contributed by atoms with E-state index < -0.39 is 34.8 Å². The molecule has 1 aliphatic heterocycles. The molecule has 0 fully saturated rings. The van der Waals surface area contributed by atoms with Gasteiger partial charge in [0.05, 0.1) is 22.6 Å². The minimum atomic E-state index is -1.06. The topological polar surface area (TPSA) is 139 Å². The van der Waals surface area contributed by atoms with Crippen molar-refractivity contribution in [2.45, 2.75) is 32.7 Å². The van der Waals surface area contributed by atoms with Crippen molar-refractivity contribution in [3.8, 4) is 5.75 Å². The fraction of sp³-hybridized carbons (Fsp3) is 0.471. The number of carbonyl (C=O) groups excluding carboxylic acids is 2. The maximum Gasteiger partial charge on any atom is 0.305 e. The van der Waals surface area contributed by atoms with Crippen molar-refractivity contribution in [1.29, 1.82) is 0 Å². The number of anilines is 1. The summed E-state index contributed by atoms with van der Waals surface area (Å²) >= 11 is 0. The number of amides is 2. The van der Waals surface area contributed by atoms with Crippen molar-refractivity contribution < 1.29 is 29.2 Å². The van der Waals surface area contributed by atoms with Crippen molar-refractivity contribution in [2.75, 3.05) is 18.1 Å². The number of nitro benzene ring substituents is 1. The average molecular weight is 379 g/mol.